The van der Waals surface area contributed by atoms with E-state index < -0.39 is 12.8 Å². The standard InChI is InChI=1S/C11H20F3NO/c1-2-15-8-10(4-3-5-10)6-7-16-9-11(12,13)14/h15H,2-9H2,1H3. The fourth-order valence-corrected chi connectivity index (χ4v) is 2.06. The maximum atomic E-state index is 11.8. The van der Waals surface area contributed by atoms with Gasteiger partial charge in [0.25, 0.3) is 0 Å². The van der Waals surface area contributed by atoms with Crippen molar-refractivity contribution < 1.29 is 17.9 Å². The lowest BCUT2D eigenvalue weighted by Crippen LogP contribution is -2.41. The van der Waals surface area contributed by atoms with Crippen molar-refractivity contribution in [3.8, 4) is 0 Å². The third kappa shape index (κ3) is 4.70. The molecule has 16 heavy (non-hydrogen) atoms. The van der Waals surface area contributed by atoms with Gasteiger partial charge >= 0.3 is 6.18 Å². The number of halogens is 3. The van der Waals surface area contributed by atoms with E-state index in [1.807, 2.05) is 6.92 Å². The Morgan fingerprint density at radius 1 is 1.31 bits per heavy atom. The molecule has 1 saturated carbocycles. The molecule has 0 aromatic heterocycles. The van der Waals surface area contributed by atoms with Crippen LogP contribution in [0.15, 0.2) is 0 Å². The van der Waals surface area contributed by atoms with Crippen molar-refractivity contribution in [3.05, 3.63) is 0 Å². The Morgan fingerprint density at radius 3 is 2.44 bits per heavy atom. The fourth-order valence-electron chi connectivity index (χ4n) is 2.06. The molecule has 1 N–H and O–H groups in total. The largest absolute Gasteiger partial charge is 0.411 e. The highest BCUT2D eigenvalue weighted by Crippen LogP contribution is 2.43. The van der Waals surface area contributed by atoms with Crippen LogP contribution in [-0.4, -0.2) is 32.5 Å². The molecule has 1 fully saturated rings. The minimum absolute atomic E-state index is 0.196. The summed E-state index contributed by atoms with van der Waals surface area (Å²) in [5.74, 6) is 0. The number of alkyl halides is 3. The van der Waals surface area contributed by atoms with Crippen LogP contribution in [0, 0.1) is 5.41 Å². The predicted octanol–water partition coefficient (Wildman–Crippen LogP) is 2.74. The van der Waals surface area contributed by atoms with Gasteiger partial charge in [-0.2, -0.15) is 13.2 Å². The Labute approximate surface area is 94.5 Å². The molecule has 1 rings (SSSR count). The molecule has 0 aromatic rings. The smallest absolute Gasteiger partial charge is 0.372 e. The van der Waals surface area contributed by atoms with Crippen molar-refractivity contribution in [3.63, 3.8) is 0 Å². The highest BCUT2D eigenvalue weighted by Gasteiger charge is 2.36. The minimum atomic E-state index is -4.20. The first kappa shape index (κ1) is 13.8. The second kappa shape index (κ2) is 5.87. The summed E-state index contributed by atoms with van der Waals surface area (Å²) >= 11 is 0. The Hall–Kier alpha value is -0.290. The first-order valence-corrected chi connectivity index (χ1v) is 5.83. The van der Waals surface area contributed by atoms with Gasteiger partial charge in [0.2, 0.25) is 0 Å². The molecule has 0 amide bonds. The third-order valence-corrected chi connectivity index (χ3v) is 3.21. The summed E-state index contributed by atoms with van der Waals surface area (Å²) in [6, 6.07) is 0. The maximum absolute atomic E-state index is 11.8. The van der Waals surface area contributed by atoms with Crippen LogP contribution in [0.5, 0.6) is 0 Å². The molecule has 2 nitrogen and oxygen atoms in total. The SMILES string of the molecule is CCNCC1(CCOCC(F)(F)F)CCC1. The lowest BCUT2D eigenvalue weighted by Gasteiger charge is -2.42. The van der Waals surface area contributed by atoms with Crippen LogP contribution >= 0.6 is 0 Å². The van der Waals surface area contributed by atoms with E-state index in [4.69, 9.17) is 0 Å². The number of rotatable bonds is 7. The Balaban J connectivity index is 2.14. The molecule has 96 valence electrons. The highest BCUT2D eigenvalue weighted by molar-refractivity contribution is 4.89. The van der Waals surface area contributed by atoms with E-state index in [1.165, 1.54) is 6.42 Å². The maximum Gasteiger partial charge on any atom is 0.411 e. The van der Waals surface area contributed by atoms with Crippen molar-refractivity contribution in [2.75, 3.05) is 26.3 Å². The Bertz CT molecular complexity index is 202. The average molecular weight is 239 g/mol. The first-order valence-electron chi connectivity index (χ1n) is 5.83. The number of nitrogens with one attached hydrogen (secondary N) is 1. The normalized spacial score (nSPS) is 19.5. The Kier molecular flexibility index (Phi) is 5.05. The molecule has 0 spiro atoms. The quantitative estimate of drug-likeness (QED) is 0.690. The van der Waals surface area contributed by atoms with E-state index in [-0.39, 0.29) is 12.0 Å². The molecule has 0 unspecified atom stereocenters. The number of ether oxygens (including phenoxy) is 1. The van der Waals surface area contributed by atoms with Crippen LogP contribution in [0.4, 0.5) is 13.2 Å². The van der Waals surface area contributed by atoms with Crippen LogP contribution < -0.4 is 5.32 Å². The van der Waals surface area contributed by atoms with Gasteiger partial charge in [-0.15, -0.1) is 0 Å². The second-order valence-electron chi connectivity index (χ2n) is 4.55. The van der Waals surface area contributed by atoms with Gasteiger partial charge in [-0.05, 0) is 31.2 Å². The van der Waals surface area contributed by atoms with Gasteiger partial charge in [-0.3, -0.25) is 0 Å². The summed E-state index contributed by atoms with van der Waals surface area (Å²) in [6.45, 7) is 2.94. The summed E-state index contributed by atoms with van der Waals surface area (Å²) in [4.78, 5) is 0. The summed E-state index contributed by atoms with van der Waals surface area (Å²) in [6.07, 6.45) is -0.0695. The third-order valence-electron chi connectivity index (χ3n) is 3.21. The van der Waals surface area contributed by atoms with Crippen LogP contribution in [0.2, 0.25) is 0 Å². The van der Waals surface area contributed by atoms with Gasteiger partial charge in [0, 0.05) is 13.2 Å². The van der Waals surface area contributed by atoms with Gasteiger partial charge in [-0.25, -0.2) is 0 Å². The number of hydrogen-bond acceptors (Lipinski definition) is 2. The molecular weight excluding hydrogens is 219 g/mol. The summed E-state index contributed by atoms with van der Waals surface area (Å²) in [7, 11) is 0. The van der Waals surface area contributed by atoms with Gasteiger partial charge in [0.05, 0.1) is 0 Å². The number of hydrogen-bond donors (Lipinski definition) is 1. The summed E-state index contributed by atoms with van der Waals surface area (Å²) < 4.78 is 40.2. The van der Waals surface area contributed by atoms with Crippen molar-refractivity contribution in [2.45, 2.75) is 38.8 Å². The van der Waals surface area contributed by atoms with E-state index in [2.05, 4.69) is 10.1 Å². The zero-order chi connectivity index (χ0) is 12.1. The van der Waals surface area contributed by atoms with E-state index in [0.29, 0.717) is 0 Å². The van der Waals surface area contributed by atoms with Gasteiger partial charge in [0.1, 0.15) is 6.61 Å². The van der Waals surface area contributed by atoms with Crippen molar-refractivity contribution in [1.82, 2.24) is 5.32 Å². The predicted molar refractivity (Wildman–Crippen MR) is 56.3 cm³/mol. The second-order valence-corrected chi connectivity index (χ2v) is 4.55. The molecule has 0 atom stereocenters. The zero-order valence-corrected chi connectivity index (χ0v) is 9.70. The van der Waals surface area contributed by atoms with Crippen molar-refractivity contribution in [2.24, 2.45) is 5.41 Å². The molecule has 0 radical (unpaired) electrons. The monoisotopic (exact) mass is 239 g/mol. The van der Waals surface area contributed by atoms with Crippen LogP contribution in [0.25, 0.3) is 0 Å². The van der Waals surface area contributed by atoms with Crippen LogP contribution in [0.3, 0.4) is 0 Å². The Morgan fingerprint density at radius 2 is 2.00 bits per heavy atom. The highest BCUT2D eigenvalue weighted by atomic mass is 19.4. The average Bonchev–Trinajstić information content (AvgIpc) is 2.13. The molecule has 1 aliphatic carbocycles. The lowest BCUT2D eigenvalue weighted by molar-refractivity contribution is -0.176. The van der Waals surface area contributed by atoms with E-state index in [1.54, 1.807) is 0 Å². The van der Waals surface area contributed by atoms with E-state index in [0.717, 1.165) is 32.4 Å². The molecule has 0 bridgehead atoms. The van der Waals surface area contributed by atoms with Crippen LogP contribution in [0.1, 0.15) is 32.6 Å². The summed E-state index contributed by atoms with van der Waals surface area (Å²) in [5, 5.41) is 3.27. The zero-order valence-electron chi connectivity index (χ0n) is 9.70. The molecule has 0 heterocycles. The molecule has 5 heteroatoms. The molecule has 0 saturated heterocycles. The van der Waals surface area contributed by atoms with Crippen molar-refractivity contribution >= 4 is 0 Å². The summed E-state index contributed by atoms with van der Waals surface area (Å²) in [5.41, 5.74) is 0.196. The van der Waals surface area contributed by atoms with Gasteiger partial charge in [0.15, 0.2) is 0 Å². The molecule has 0 aliphatic heterocycles. The minimum Gasteiger partial charge on any atom is -0.372 e. The fraction of sp³-hybridized carbons (Fsp3) is 1.00. The van der Waals surface area contributed by atoms with Crippen molar-refractivity contribution in [1.29, 1.82) is 0 Å². The van der Waals surface area contributed by atoms with Crippen LogP contribution in [-0.2, 0) is 4.74 Å². The van der Waals surface area contributed by atoms with E-state index >= 15 is 0 Å². The molecule has 1 aliphatic rings. The molecule has 0 aromatic carbocycles. The van der Waals surface area contributed by atoms with Gasteiger partial charge < -0.3 is 10.1 Å². The molecular formula is C11H20F3NO. The van der Waals surface area contributed by atoms with Gasteiger partial charge in [-0.1, -0.05) is 13.3 Å². The topological polar surface area (TPSA) is 21.3 Å². The first-order chi connectivity index (χ1) is 7.47. The lowest BCUT2D eigenvalue weighted by atomic mass is 9.67. The van der Waals surface area contributed by atoms with E-state index in [9.17, 15) is 13.2 Å².